The van der Waals surface area contributed by atoms with Crippen molar-refractivity contribution in [3.8, 4) is 84.4 Å². The van der Waals surface area contributed by atoms with Gasteiger partial charge in [0.05, 0.1) is 11.0 Å². The first kappa shape index (κ1) is 32.8. The highest BCUT2D eigenvalue weighted by atomic mass is 15.0. The van der Waals surface area contributed by atoms with Gasteiger partial charge in [0.1, 0.15) is 0 Å². The summed E-state index contributed by atoms with van der Waals surface area (Å²) in [6.45, 7) is 4.62. The Kier molecular flexibility index (Phi) is 6.94. The highest BCUT2D eigenvalue weighted by molar-refractivity contribution is 6.16. The third kappa shape index (κ3) is 4.91. The van der Waals surface area contributed by atoms with Crippen LogP contribution in [0.4, 0.5) is 0 Å². The summed E-state index contributed by atoms with van der Waals surface area (Å²) in [5.41, 5.74) is 18.2. The highest BCUT2D eigenvalue weighted by Gasteiger charge is 2.35. The van der Waals surface area contributed by atoms with Crippen molar-refractivity contribution in [2.75, 3.05) is 0 Å². The molecule has 3 heterocycles. The van der Waals surface area contributed by atoms with Crippen molar-refractivity contribution >= 4 is 21.8 Å². The molecule has 0 amide bonds. The molecule has 0 N–H and O–H groups in total. The third-order valence-electron chi connectivity index (χ3n) is 12.4. The van der Waals surface area contributed by atoms with Gasteiger partial charge >= 0.3 is 0 Å². The van der Waals surface area contributed by atoms with Gasteiger partial charge in [-0.25, -0.2) is 15.0 Å². The number of hydrogen-bond acceptors (Lipinski definition) is 3. The lowest BCUT2D eigenvalue weighted by atomic mass is 9.82. The zero-order valence-corrected chi connectivity index (χ0v) is 32.1. The van der Waals surface area contributed by atoms with Gasteiger partial charge in [-0.05, 0) is 98.1 Å². The van der Waals surface area contributed by atoms with Crippen LogP contribution in [-0.4, -0.2) is 19.5 Å². The molecule has 8 aromatic carbocycles. The minimum Gasteiger partial charge on any atom is -0.309 e. The first-order valence-corrected chi connectivity index (χ1v) is 19.9. The van der Waals surface area contributed by atoms with Crippen molar-refractivity contribution in [1.82, 2.24) is 19.5 Å². The van der Waals surface area contributed by atoms with Crippen molar-refractivity contribution in [3.63, 3.8) is 0 Å². The van der Waals surface area contributed by atoms with Crippen molar-refractivity contribution in [2.45, 2.75) is 19.3 Å². The van der Waals surface area contributed by atoms with Crippen LogP contribution in [-0.2, 0) is 5.41 Å². The van der Waals surface area contributed by atoms with E-state index in [1.54, 1.807) is 0 Å². The van der Waals surface area contributed by atoms with Crippen LogP contribution in [0.2, 0.25) is 0 Å². The minimum atomic E-state index is -0.140. The molecule has 0 fully saturated rings. The number of benzene rings is 8. The standard InChI is InChI=1S/C54H36N4/c1-54(2)46-22-7-6-20-43(46)44-26-25-40(31-47(44)54)53-56-51-38-17-8-14-34(28-38)36-16-10-19-41(30-36)58-48-23-11-21-42(33-12-4-3-5-13-33)50(48)45-27-24-37(32-49(45)58)35-15-9-18-39(29-35)52(55-51)57-53/h3-32H,1-2H3. The second-order valence-electron chi connectivity index (χ2n) is 16.1. The van der Waals surface area contributed by atoms with E-state index < -0.39 is 0 Å². The van der Waals surface area contributed by atoms with E-state index >= 15 is 0 Å². The fourth-order valence-corrected chi connectivity index (χ4v) is 9.49. The SMILES string of the molecule is CC1(C)c2ccccc2-c2ccc(-c3nc4nc(n3)-c3cccc(c3)-c3ccc5c6c(-c7ccccc7)cccc6n(c5c3)-c3cccc(c3)-c3cccc-4c3)cc21. The van der Waals surface area contributed by atoms with Crippen LogP contribution in [0.1, 0.15) is 25.0 Å². The van der Waals surface area contributed by atoms with E-state index in [2.05, 4.69) is 200 Å². The molecule has 2 aliphatic rings. The molecule has 1 aliphatic carbocycles. The lowest BCUT2D eigenvalue weighted by Crippen LogP contribution is -2.15. The van der Waals surface area contributed by atoms with Crippen molar-refractivity contribution in [3.05, 3.63) is 193 Å². The second-order valence-corrected chi connectivity index (χ2v) is 16.1. The van der Waals surface area contributed by atoms with Crippen molar-refractivity contribution in [2.24, 2.45) is 0 Å². The molecule has 10 bridgehead atoms. The predicted molar refractivity (Wildman–Crippen MR) is 238 cm³/mol. The Morgan fingerprint density at radius 3 is 1.64 bits per heavy atom. The third-order valence-corrected chi connectivity index (χ3v) is 12.4. The Balaban J connectivity index is 1.11. The molecule has 2 aromatic heterocycles. The normalized spacial score (nSPS) is 13.1. The molecular formula is C54H36N4. The van der Waals surface area contributed by atoms with E-state index in [4.69, 9.17) is 15.0 Å². The van der Waals surface area contributed by atoms with Crippen LogP contribution < -0.4 is 0 Å². The fraction of sp³-hybridized carbons (Fsp3) is 0.0556. The predicted octanol–water partition coefficient (Wildman–Crippen LogP) is 13.6. The summed E-state index contributed by atoms with van der Waals surface area (Å²) in [6.07, 6.45) is 0. The molecule has 4 heteroatoms. The minimum absolute atomic E-state index is 0.140. The molecule has 0 spiro atoms. The average Bonchev–Trinajstić information content (AvgIpc) is 3.74. The van der Waals surface area contributed by atoms with Crippen molar-refractivity contribution in [1.29, 1.82) is 0 Å². The Hall–Kier alpha value is -7.43. The van der Waals surface area contributed by atoms with Gasteiger partial charge in [0.2, 0.25) is 0 Å². The van der Waals surface area contributed by atoms with Crippen LogP contribution in [0.3, 0.4) is 0 Å². The first-order chi connectivity index (χ1) is 28.5. The van der Waals surface area contributed by atoms with Crippen LogP contribution >= 0.6 is 0 Å². The summed E-state index contributed by atoms with van der Waals surface area (Å²) in [7, 11) is 0. The van der Waals surface area contributed by atoms with Crippen LogP contribution in [0.5, 0.6) is 0 Å². The van der Waals surface area contributed by atoms with E-state index in [0.29, 0.717) is 17.5 Å². The molecule has 0 unspecified atom stereocenters. The Labute approximate surface area is 336 Å². The van der Waals surface area contributed by atoms with Crippen molar-refractivity contribution < 1.29 is 0 Å². The monoisotopic (exact) mass is 740 g/mol. The second kappa shape index (κ2) is 12.3. The topological polar surface area (TPSA) is 43.6 Å². The molecule has 272 valence electrons. The number of aromatic nitrogens is 4. The molecular weight excluding hydrogens is 705 g/mol. The van der Waals surface area contributed by atoms with Gasteiger partial charge in [-0.2, -0.15) is 0 Å². The van der Waals surface area contributed by atoms with Gasteiger partial charge in [-0.15, -0.1) is 0 Å². The molecule has 1 aliphatic heterocycles. The number of rotatable bonds is 2. The largest absolute Gasteiger partial charge is 0.309 e. The maximum atomic E-state index is 5.24. The quantitative estimate of drug-likeness (QED) is 0.177. The lowest BCUT2D eigenvalue weighted by molar-refractivity contribution is 0.660. The number of hydrogen-bond donors (Lipinski definition) is 0. The van der Waals surface area contributed by atoms with Gasteiger partial charge in [0.15, 0.2) is 17.5 Å². The Bertz CT molecular complexity index is 3320. The van der Waals surface area contributed by atoms with Gasteiger partial charge < -0.3 is 4.57 Å². The molecule has 0 saturated heterocycles. The van der Waals surface area contributed by atoms with E-state index in [1.807, 2.05) is 0 Å². The van der Waals surface area contributed by atoms with Crippen LogP contribution in [0.25, 0.3) is 106 Å². The van der Waals surface area contributed by atoms with E-state index in [1.165, 1.54) is 49.7 Å². The van der Waals surface area contributed by atoms with E-state index in [-0.39, 0.29) is 5.41 Å². The molecule has 0 atom stereocenters. The van der Waals surface area contributed by atoms with Crippen LogP contribution in [0, 0.1) is 0 Å². The highest BCUT2D eigenvalue weighted by Crippen LogP contribution is 2.49. The van der Waals surface area contributed by atoms with Gasteiger partial charge in [-0.3, -0.25) is 0 Å². The Morgan fingerprint density at radius 1 is 0.362 bits per heavy atom. The molecule has 0 saturated carbocycles. The van der Waals surface area contributed by atoms with Gasteiger partial charge in [0, 0.05) is 38.6 Å². The zero-order valence-electron chi connectivity index (χ0n) is 32.1. The summed E-state index contributed by atoms with van der Waals surface area (Å²) in [4.78, 5) is 15.7. The molecule has 58 heavy (non-hydrogen) atoms. The number of fused-ring (bicyclic) bond motifs is 20. The zero-order chi connectivity index (χ0) is 38.5. The molecule has 12 rings (SSSR count). The molecule has 4 nitrogen and oxygen atoms in total. The maximum absolute atomic E-state index is 5.24. The summed E-state index contributed by atoms with van der Waals surface area (Å²) >= 11 is 0. The first-order valence-electron chi connectivity index (χ1n) is 19.9. The Morgan fingerprint density at radius 2 is 0.897 bits per heavy atom. The smallest absolute Gasteiger partial charge is 0.164 e. The molecule has 10 aromatic rings. The molecule has 0 radical (unpaired) electrons. The van der Waals surface area contributed by atoms with Gasteiger partial charge in [0.25, 0.3) is 0 Å². The van der Waals surface area contributed by atoms with E-state index in [0.717, 1.165) is 50.1 Å². The van der Waals surface area contributed by atoms with Gasteiger partial charge in [-0.1, -0.05) is 153 Å². The fourth-order valence-electron chi connectivity index (χ4n) is 9.49. The average molecular weight is 741 g/mol. The summed E-state index contributed by atoms with van der Waals surface area (Å²) < 4.78 is 2.43. The number of nitrogens with zero attached hydrogens (tertiary/aromatic N) is 4. The van der Waals surface area contributed by atoms with Crippen LogP contribution in [0.15, 0.2) is 182 Å². The maximum Gasteiger partial charge on any atom is 0.164 e. The lowest BCUT2D eigenvalue weighted by Gasteiger charge is -2.21. The van der Waals surface area contributed by atoms with E-state index in [9.17, 15) is 0 Å². The summed E-state index contributed by atoms with van der Waals surface area (Å²) in [5.74, 6) is 1.95. The summed E-state index contributed by atoms with van der Waals surface area (Å²) in [5, 5.41) is 2.46. The summed E-state index contributed by atoms with van der Waals surface area (Å²) in [6, 6.07) is 65.9.